The van der Waals surface area contributed by atoms with Crippen molar-refractivity contribution >= 4 is 56.6 Å². The number of anilines is 1. The molecule has 0 radical (unpaired) electrons. The molecule has 0 aliphatic heterocycles. The number of esters is 1. The van der Waals surface area contributed by atoms with Crippen molar-refractivity contribution in [2.75, 3.05) is 12.5 Å². The van der Waals surface area contributed by atoms with Crippen LogP contribution in [-0.4, -0.2) is 18.1 Å². The van der Waals surface area contributed by atoms with Crippen LogP contribution in [0.15, 0.2) is 52.0 Å². The Hall–Kier alpha value is -2.87. The van der Waals surface area contributed by atoms with E-state index in [9.17, 15) is 4.79 Å². The van der Waals surface area contributed by atoms with Crippen molar-refractivity contribution in [3.8, 4) is 11.3 Å². The average molecular weight is 516 g/mol. The Bertz CT molecular complexity index is 1450. The lowest BCUT2D eigenvalue weighted by atomic mass is 9.86. The Kier molecular flexibility index (Phi) is 6.71. The zero-order chi connectivity index (χ0) is 24.6. The van der Waals surface area contributed by atoms with Crippen molar-refractivity contribution in [2.24, 2.45) is 5.10 Å². The van der Waals surface area contributed by atoms with Crippen LogP contribution in [0, 0.1) is 6.92 Å². The number of hydrogen-bond acceptors (Lipinski definition) is 7. The first kappa shape index (κ1) is 24.3. The maximum Gasteiger partial charge on any atom is 0.350 e. The van der Waals surface area contributed by atoms with Gasteiger partial charge in [-0.3, -0.25) is 5.43 Å². The number of benzene rings is 2. The van der Waals surface area contributed by atoms with Gasteiger partial charge in [0.2, 0.25) is 5.13 Å². The number of rotatable bonds is 4. The third kappa shape index (κ3) is 4.97. The monoisotopic (exact) mass is 515 g/mol. The summed E-state index contributed by atoms with van der Waals surface area (Å²) in [7, 11) is 1.33. The van der Waals surface area contributed by atoms with Crippen molar-refractivity contribution < 1.29 is 13.9 Å². The van der Waals surface area contributed by atoms with E-state index >= 15 is 0 Å². The van der Waals surface area contributed by atoms with Gasteiger partial charge < -0.3 is 9.15 Å². The van der Waals surface area contributed by atoms with E-state index in [1.807, 2.05) is 18.2 Å². The van der Waals surface area contributed by atoms with Crippen molar-refractivity contribution in [1.29, 1.82) is 0 Å². The van der Waals surface area contributed by atoms with Crippen LogP contribution < -0.4 is 10.8 Å². The molecule has 0 fully saturated rings. The van der Waals surface area contributed by atoms with Crippen molar-refractivity contribution in [1.82, 2.24) is 4.98 Å². The maximum absolute atomic E-state index is 11.9. The third-order valence-corrected chi connectivity index (χ3v) is 6.78. The number of aryl methyl sites for hydroxylation is 1. The highest BCUT2D eigenvalue weighted by Gasteiger charge is 2.17. The molecule has 4 rings (SSSR count). The number of aromatic nitrogens is 1. The summed E-state index contributed by atoms with van der Waals surface area (Å²) < 4.78 is 11.0. The number of nitrogens with zero attached hydrogens (tertiary/aromatic N) is 2. The summed E-state index contributed by atoms with van der Waals surface area (Å²) in [6, 6.07) is 13.4. The van der Waals surface area contributed by atoms with Gasteiger partial charge in [-0.2, -0.15) is 5.10 Å². The SMILES string of the molecule is COC(=O)c1sc(NN=c2cc(-c3ccc(C(C)(C)C)cc3)oc3c(Cl)cc(Cl)cc23)nc1C. The minimum absolute atomic E-state index is 0.0401. The zero-order valence-corrected chi connectivity index (χ0v) is 21.7. The summed E-state index contributed by atoms with van der Waals surface area (Å²) in [5.74, 6) is 0.162. The fraction of sp³-hybridized carbons (Fsp3) is 0.240. The average Bonchev–Trinajstić information content (AvgIpc) is 3.17. The Balaban J connectivity index is 1.83. The normalized spacial score (nSPS) is 12.3. The number of fused-ring (bicyclic) bond motifs is 1. The molecule has 0 unspecified atom stereocenters. The number of methoxy groups -OCH3 is 1. The van der Waals surface area contributed by atoms with Gasteiger partial charge in [-0.25, -0.2) is 9.78 Å². The van der Waals surface area contributed by atoms with Gasteiger partial charge in [-0.15, -0.1) is 0 Å². The van der Waals surface area contributed by atoms with Crippen LogP contribution in [-0.2, 0) is 10.2 Å². The first-order valence-corrected chi connectivity index (χ1v) is 12.0. The molecule has 0 spiro atoms. The summed E-state index contributed by atoms with van der Waals surface area (Å²) in [6.07, 6.45) is 0. The molecule has 0 aliphatic rings. The minimum Gasteiger partial charge on any atom is -0.465 e. The molecule has 2 aromatic carbocycles. The summed E-state index contributed by atoms with van der Waals surface area (Å²) in [5.41, 5.74) is 6.11. The molecule has 0 atom stereocenters. The molecule has 2 aromatic heterocycles. The second-order valence-electron chi connectivity index (χ2n) is 8.74. The van der Waals surface area contributed by atoms with Gasteiger partial charge >= 0.3 is 5.97 Å². The highest BCUT2D eigenvalue weighted by atomic mass is 35.5. The largest absolute Gasteiger partial charge is 0.465 e. The lowest BCUT2D eigenvalue weighted by Crippen LogP contribution is -2.10. The molecular formula is C25H23Cl2N3O3S. The fourth-order valence-electron chi connectivity index (χ4n) is 3.40. The molecule has 0 aliphatic carbocycles. The van der Waals surface area contributed by atoms with Crippen LogP contribution in [0.25, 0.3) is 22.3 Å². The predicted octanol–water partition coefficient (Wildman–Crippen LogP) is 7.18. The Morgan fingerprint density at radius 1 is 1.15 bits per heavy atom. The first-order valence-electron chi connectivity index (χ1n) is 10.5. The molecule has 0 saturated heterocycles. The highest BCUT2D eigenvalue weighted by Crippen LogP contribution is 2.31. The number of halogens is 2. The van der Waals surface area contributed by atoms with Crippen molar-refractivity contribution in [2.45, 2.75) is 33.1 Å². The summed E-state index contributed by atoms with van der Waals surface area (Å²) in [5, 5.41) is 7.04. The summed E-state index contributed by atoms with van der Waals surface area (Å²) >= 11 is 13.9. The van der Waals surface area contributed by atoms with E-state index in [0.29, 0.717) is 47.8 Å². The Morgan fingerprint density at radius 3 is 2.50 bits per heavy atom. The molecule has 34 heavy (non-hydrogen) atoms. The van der Waals surface area contributed by atoms with Crippen LogP contribution in [0.5, 0.6) is 0 Å². The van der Waals surface area contributed by atoms with Crippen molar-refractivity contribution in [3.05, 3.63) is 74.0 Å². The lowest BCUT2D eigenvalue weighted by Gasteiger charge is -2.19. The van der Waals surface area contributed by atoms with Crippen LogP contribution in [0.2, 0.25) is 10.0 Å². The standard InChI is InChI=1S/C25H23Cl2N3O3S/c1-13-22(23(31)32-5)34-24(28-13)30-29-19-12-20(14-6-8-15(9-7-14)25(2,3)4)33-21-17(19)10-16(26)11-18(21)27/h6-12H,1-5H3,(H,28,30). The maximum atomic E-state index is 11.9. The lowest BCUT2D eigenvalue weighted by molar-refractivity contribution is 0.0605. The molecule has 9 heteroatoms. The van der Waals surface area contributed by atoms with Crippen LogP contribution in [0.4, 0.5) is 5.13 Å². The predicted molar refractivity (Wildman–Crippen MR) is 138 cm³/mol. The molecule has 0 saturated carbocycles. The Morgan fingerprint density at radius 2 is 1.85 bits per heavy atom. The number of nitrogens with one attached hydrogen (secondary N) is 1. The number of carbonyl (C=O) groups is 1. The molecule has 1 N–H and O–H groups in total. The fourth-order valence-corrected chi connectivity index (χ4v) is 4.76. The van der Waals surface area contributed by atoms with Crippen molar-refractivity contribution in [3.63, 3.8) is 0 Å². The number of carbonyl (C=O) groups excluding carboxylic acids is 1. The highest BCUT2D eigenvalue weighted by molar-refractivity contribution is 7.17. The van der Waals surface area contributed by atoms with E-state index in [0.717, 1.165) is 16.9 Å². The smallest absolute Gasteiger partial charge is 0.350 e. The topological polar surface area (TPSA) is 76.7 Å². The van der Waals surface area contributed by atoms with Gasteiger partial charge in [0.15, 0.2) is 5.58 Å². The number of ether oxygens (including phenoxy) is 1. The van der Waals surface area contributed by atoms with Gasteiger partial charge in [0.25, 0.3) is 0 Å². The van der Waals surface area contributed by atoms with Gasteiger partial charge in [0, 0.05) is 22.0 Å². The number of hydrogen-bond donors (Lipinski definition) is 1. The van der Waals surface area contributed by atoms with E-state index in [-0.39, 0.29) is 5.41 Å². The van der Waals surface area contributed by atoms with E-state index in [1.165, 1.54) is 12.7 Å². The minimum atomic E-state index is -0.438. The molecule has 0 amide bonds. The third-order valence-electron chi connectivity index (χ3n) is 5.24. The first-order chi connectivity index (χ1) is 16.1. The van der Waals surface area contributed by atoms with Crippen LogP contribution in [0.1, 0.15) is 41.7 Å². The second kappa shape index (κ2) is 9.41. The van der Waals surface area contributed by atoms with E-state index in [2.05, 4.69) is 48.4 Å². The molecule has 0 bridgehead atoms. The molecular weight excluding hydrogens is 493 g/mol. The van der Waals surface area contributed by atoms with Crippen LogP contribution >= 0.6 is 34.5 Å². The van der Waals surface area contributed by atoms with Crippen LogP contribution in [0.3, 0.4) is 0 Å². The van der Waals surface area contributed by atoms with Gasteiger partial charge in [-0.1, -0.05) is 79.6 Å². The van der Waals surface area contributed by atoms with E-state index in [4.69, 9.17) is 32.4 Å². The second-order valence-corrected chi connectivity index (χ2v) is 10.6. The molecule has 4 aromatic rings. The van der Waals surface area contributed by atoms with Gasteiger partial charge in [0.05, 0.1) is 23.2 Å². The summed E-state index contributed by atoms with van der Waals surface area (Å²) in [6.45, 7) is 8.24. The summed E-state index contributed by atoms with van der Waals surface area (Å²) in [4.78, 5) is 16.7. The molecule has 6 nitrogen and oxygen atoms in total. The Labute approximate surface area is 211 Å². The molecule has 176 valence electrons. The van der Waals surface area contributed by atoms with E-state index < -0.39 is 5.97 Å². The van der Waals surface area contributed by atoms with Gasteiger partial charge in [0.1, 0.15) is 10.6 Å². The molecule has 2 heterocycles. The van der Waals surface area contributed by atoms with E-state index in [1.54, 1.807) is 19.1 Å². The van der Waals surface area contributed by atoms with Gasteiger partial charge in [-0.05, 0) is 30.0 Å². The quantitative estimate of drug-likeness (QED) is 0.230. The zero-order valence-electron chi connectivity index (χ0n) is 19.3. The number of thiazole rings is 1.